The Labute approximate surface area is 79.5 Å². The molecule has 0 fully saturated rings. The van der Waals surface area contributed by atoms with Crippen molar-refractivity contribution in [3.63, 3.8) is 0 Å². The second-order valence-corrected chi connectivity index (χ2v) is 3.50. The van der Waals surface area contributed by atoms with Crippen LogP contribution in [0.2, 0.25) is 5.02 Å². The molecule has 0 unspecified atom stereocenters. The van der Waals surface area contributed by atoms with E-state index in [-0.39, 0.29) is 5.56 Å². The van der Waals surface area contributed by atoms with E-state index in [0.29, 0.717) is 5.02 Å². The van der Waals surface area contributed by atoms with Crippen LogP contribution in [0.25, 0.3) is 0 Å². The van der Waals surface area contributed by atoms with Crippen LogP contribution in [0, 0.1) is 0 Å². The van der Waals surface area contributed by atoms with Crippen LogP contribution >= 0.6 is 23.4 Å². The standard InChI is InChI=1S/C8H7ClO2S/c1-12-7-3-5(8(10)11)2-6(9)4-7/h2-4H,1H3,(H,10,11). The van der Waals surface area contributed by atoms with Crippen molar-refractivity contribution >= 4 is 29.3 Å². The molecule has 0 aromatic heterocycles. The van der Waals surface area contributed by atoms with Crippen LogP contribution in [0.5, 0.6) is 0 Å². The quantitative estimate of drug-likeness (QED) is 0.750. The van der Waals surface area contributed by atoms with Crippen molar-refractivity contribution < 1.29 is 9.90 Å². The first-order chi connectivity index (χ1) is 5.63. The fraction of sp³-hybridized carbons (Fsp3) is 0.125. The average Bonchev–Trinajstić information content (AvgIpc) is 2.03. The Morgan fingerprint density at radius 1 is 1.50 bits per heavy atom. The maximum Gasteiger partial charge on any atom is 0.335 e. The van der Waals surface area contributed by atoms with Crippen LogP contribution in [-0.2, 0) is 0 Å². The lowest BCUT2D eigenvalue weighted by Crippen LogP contribution is -1.95. The third-order valence-corrected chi connectivity index (χ3v) is 2.28. The summed E-state index contributed by atoms with van der Waals surface area (Å²) in [6.07, 6.45) is 1.87. The van der Waals surface area contributed by atoms with E-state index in [2.05, 4.69) is 0 Å². The molecule has 0 amide bonds. The molecule has 4 heteroatoms. The number of rotatable bonds is 2. The minimum atomic E-state index is -0.951. The van der Waals surface area contributed by atoms with Crippen molar-refractivity contribution in [3.8, 4) is 0 Å². The van der Waals surface area contributed by atoms with Gasteiger partial charge in [0.1, 0.15) is 0 Å². The lowest BCUT2D eigenvalue weighted by atomic mass is 10.2. The van der Waals surface area contributed by atoms with Gasteiger partial charge in [-0.1, -0.05) is 11.6 Å². The molecule has 1 rings (SSSR count). The van der Waals surface area contributed by atoms with Crippen molar-refractivity contribution in [3.05, 3.63) is 28.8 Å². The molecule has 1 N–H and O–H groups in total. The zero-order valence-electron chi connectivity index (χ0n) is 6.37. The minimum Gasteiger partial charge on any atom is -0.478 e. The summed E-state index contributed by atoms with van der Waals surface area (Å²) >= 11 is 7.16. The summed E-state index contributed by atoms with van der Waals surface area (Å²) in [5, 5.41) is 9.12. The number of carbonyl (C=O) groups is 1. The van der Waals surface area contributed by atoms with Gasteiger partial charge in [-0.3, -0.25) is 0 Å². The molecule has 0 radical (unpaired) electrons. The predicted molar refractivity (Wildman–Crippen MR) is 50.2 cm³/mol. The summed E-state index contributed by atoms with van der Waals surface area (Å²) in [5.74, 6) is -0.951. The second-order valence-electron chi connectivity index (χ2n) is 2.18. The molecule has 0 bridgehead atoms. The molecule has 0 aliphatic rings. The van der Waals surface area contributed by atoms with Gasteiger partial charge in [-0.25, -0.2) is 4.79 Å². The van der Waals surface area contributed by atoms with Gasteiger partial charge >= 0.3 is 5.97 Å². The maximum atomic E-state index is 10.6. The molecule has 1 aromatic rings. The lowest BCUT2D eigenvalue weighted by molar-refractivity contribution is 0.0696. The first kappa shape index (κ1) is 9.42. The molecule has 0 heterocycles. The second kappa shape index (κ2) is 3.83. The zero-order chi connectivity index (χ0) is 9.14. The minimum absolute atomic E-state index is 0.229. The Hall–Kier alpha value is -0.670. The maximum absolute atomic E-state index is 10.6. The first-order valence-corrected chi connectivity index (χ1v) is 4.81. The van der Waals surface area contributed by atoms with Gasteiger partial charge in [0.25, 0.3) is 0 Å². The molecule has 12 heavy (non-hydrogen) atoms. The van der Waals surface area contributed by atoms with E-state index < -0.39 is 5.97 Å². The molecule has 0 atom stereocenters. The molecular weight excluding hydrogens is 196 g/mol. The normalized spacial score (nSPS) is 9.83. The topological polar surface area (TPSA) is 37.3 Å². The van der Waals surface area contributed by atoms with Crippen LogP contribution in [0.1, 0.15) is 10.4 Å². The number of carboxylic acids is 1. The van der Waals surface area contributed by atoms with E-state index >= 15 is 0 Å². The van der Waals surface area contributed by atoms with Crippen LogP contribution in [-0.4, -0.2) is 17.3 Å². The highest BCUT2D eigenvalue weighted by atomic mass is 35.5. The Morgan fingerprint density at radius 2 is 2.17 bits per heavy atom. The van der Waals surface area contributed by atoms with Crippen LogP contribution < -0.4 is 0 Å². The lowest BCUT2D eigenvalue weighted by Gasteiger charge is -1.99. The fourth-order valence-corrected chi connectivity index (χ4v) is 1.59. The van der Waals surface area contributed by atoms with Gasteiger partial charge < -0.3 is 5.11 Å². The average molecular weight is 203 g/mol. The Balaban J connectivity index is 3.15. The monoisotopic (exact) mass is 202 g/mol. The Bertz CT molecular complexity index is 312. The van der Waals surface area contributed by atoms with Crippen LogP contribution in [0.15, 0.2) is 23.1 Å². The number of carboxylic acid groups (broad SMARTS) is 1. The third-order valence-electron chi connectivity index (χ3n) is 1.35. The Kier molecular flexibility index (Phi) is 3.00. The SMILES string of the molecule is CSc1cc(Cl)cc(C(=O)O)c1. The van der Waals surface area contributed by atoms with E-state index in [1.54, 1.807) is 12.1 Å². The first-order valence-electron chi connectivity index (χ1n) is 3.21. The number of halogens is 1. The highest BCUT2D eigenvalue weighted by molar-refractivity contribution is 7.98. The number of aromatic carboxylic acids is 1. The largest absolute Gasteiger partial charge is 0.478 e. The molecule has 0 spiro atoms. The number of hydrogen-bond donors (Lipinski definition) is 1. The predicted octanol–water partition coefficient (Wildman–Crippen LogP) is 2.76. The summed E-state index contributed by atoms with van der Waals surface area (Å²) in [5.41, 5.74) is 0.229. The number of thioether (sulfide) groups is 1. The van der Waals surface area contributed by atoms with Gasteiger partial charge in [-0.15, -0.1) is 11.8 Å². The van der Waals surface area contributed by atoms with Gasteiger partial charge in [0.05, 0.1) is 5.56 Å². The number of benzene rings is 1. The molecule has 0 saturated carbocycles. The van der Waals surface area contributed by atoms with Gasteiger partial charge in [-0.05, 0) is 24.5 Å². The van der Waals surface area contributed by atoms with E-state index in [1.807, 2.05) is 6.26 Å². The van der Waals surface area contributed by atoms with Gasteiger partial charge in [0.2, 0.25) is 0 Å². The zero-order valence-corrected chi connectivity index (χ0v) is 7.95. The summed E-state index contributed by atoms with van der Waals surface area (Å²) in [6.45, 7) is 0. The molecule has 2 nitrogen and oxygen atoms in total. The summed E-state index contributed by atoms with van der Waals surface area (Å²) < 4.78 is 0. The van der Waals surface area contributed by atoms with E-state index in [1.165, 1.54) is 17.8 Å². The smallest absolute Gasteiger partial charge is 0.335 e. The van der Waals surface area contributed by atoms with Crippen molar-refractivity contribution in [2.45, 2.75) is 4.90 Å². The van der Waals surface area contributed by atoms with Crippen LogP contribution in [0.4, 0.5) is 0 Å². The van der Waals surface area contributed by atoms with E-state index in [4.69, 9.17) is 16.7 Å². The molecule has 0 aliphatic carbocycles. The van der Waals surface area contributed by atoms with Crippen molar-refractivity contribution in [1.29, 1.82) is 0 Å². The fourth-order valence-electron chi connectivity index (χ4n) is 0.804. The Morgan fingerprint density at radius 3 is 2.67 bits per heavy atom. The van der Waals surface area contributed by atoms with Gasteiger partial charge in [0, 0.05) is 9.92 Å². The third kappa shape index (κ3) is 2.16. The molecule has 0 aliphatic heterocycles. The van der Waals surface area contributed by atoms with Crippen molar-refractivity contribution in [2.75, 3.05) is 6.26 Å². The van der Waals surface area contributed by atoms with Crippen molar-refractivity contribution in [2.24, 2.45) is 0 Å². The summed E-state index contributed by atoms with van der Waals surface area (Å²) in [4.78, 5) is 11.4. The molecule has 1 aromatic carbocycles. The highest BCUT2D eigenvalue weighted by Gasteiger charge is 2.04. The van der Waals surface area contributed by atoms with Gasteiger partial charge in [-0.2, -0.15) is 0 Å². The van der Waals surface area contributed by atoms with Crippen molar-refractivity contribution in [1.82, 2.24) is 0 Å². The molecular formula is C8H7ClO2S. The van der Waals surface area contributed by atoms with E-state index in [0.717, 1.165) is 4.90 Å². The summed E-state index contributed by atoms with van der Waals surface area (Å²) in [6, 6.07) is 4.77. The van der Waals surface area contributed by atoms with E-state index in [9.17, 15) is 4.79 Å². The highest BCUT2D eigenvalue weighted by Crippen LogP contribution is 2.21. The van der Waals surface area contributed by atoms with Gasteiger partial charge in [0.15, 0.2) is 0 Å². The molecule has 64 valence electrons. The summed E-state index contributed by atoms with van der Waals surface area (Å²) in [7, 11) is 0. The molecule has 0 saturated heterocycles. The van der Waals surface area contributed by atoms with Crippen LogP contribution in [0.3, 0.4) is 0 Å². The number of hydrogen-bond acceptors (Lipinski definition) is 2.